The predicted molar refractivity (Wildman–Crippen MR) is 66.2 cm³/mol. The molecule has 5 heteroatoms. The Labute approximate surface area is 105 Å². The Bertz CT molecular complexity index is 575. The van der Waals surface area contributed by atoms with Gasteiger partial charge in [0.25, 0.3) is 0 Å². The number of aromatic nitrogens is 2. The number of hydrogen-bond acceptors (Lipinski definition) is 4. The topological polar surface area (TPSA) is 53.4 Å². The second-order valence-corrected chi connectivity index (χ2v) is 3.75. The maximum Gasteiger partial charge on any atom is 0.214 e. The van der Waals surface area contributed by atoms with Crippen molar-refractivity contribution in [3.8, 4) is 11.5 Å². The van der Waals surface area contributed by atoms with Gasteiger partial charge in [0.2, 0.25) is 5.78 Å². The maximum atomic E-state index is 12.4. The molecular formula is C13H14N2O3. The Hall–Kier alpha value is -2.30. The second kappa shape index (κ2) is 4.91. The smallest absolute Gasteiger partial charge is 0.214 e. The number of ketones is 1. The second-order valence-electron chi connectivity index (χ2n) is 3.75. The average molecular weight is 246 g/mol. The van der Waals surface area contributed by atoms with Gasteiger partial charge in [0, 0.05) is 12.6 Å². The summed E-state index contributed by atoms with van der Waals surface area (Å²) >= 11 is 0. The lowest BCUT2D eigenvalue weighted by Gasteiger charge is -2.06. The third-order valence-corrected chi connectivity index (χ3v) is 2.67. The number of methoxy groups -OCH3 is 2. The van der Waals surface area contributed by atoms with Crippen molar-refractivity contribution < 1.29 is 14.3 Å². The number of rotatable bonds is 4. The third kappa shape index (κ3) is 2.07. The Morgan fingerprint density at radius 3 is 2.72 bits per heavy atom. The highest BCUT2D eigenvalue weighted by atomic mass is 16.5. The van der Waals surface area contributed by atoms with Crippen molar-refractivity contribution in [3.63, 3.8) is 0 Å². The number of aryl methyl sites for hydroxylation is 1. The first-order valence-electron chi connectivity index (χ1n) is 5.42. The van der Waals surface area contributed by atoms with Crippen molar-refractivity contribution >= 4 is 5.78 Å². The molecule has 18 heavy (non-hydrogen) atoms. The van der Waals surface area contributed by atoms with E-state index in [1.165, 1.54) is 18.0 Å². The first-order valence-corrected chi connectivity index (χ1v) is 5.42. The lowest BCUT2D eigenvalue weighted by molar-refractivity contribution is 0.102. The molecule has 0 spiro atoms. The van der Waals surface area contributed by atoms with Gasteiger partial charge in [-0.3, -0.25) is 9.48 Å². The summed E-state index contributed by atoms with van der Waals surface area (Å²) in [6.45, 7) is 0. The molecule has 0 saturated heterocycles. The van der Waals surface area contributed by atoms with E-state index in [1.807, 2.05) is 0 Å². The highest BCUT2D eigenvalue weighted by Crippen LogP contribution is 2.22. The van der Waals surface area contributed by atoms with Crippen LogP contribution in [0.25, 0.3) is 0 Å². The fourth-order valence-corrected chi connectivity index (χ4v) is 1.73. The predicted octanol–water partition coefficient (Wildman–Crippen LogP) is 1.67. The van der Waals surface area contributed by atoms with Crippen molar-refractivity contribution in [1.29, 1.82) is 0 Å². The van der Waals surface area contributed by atoms with Crippen LogP contribution >= 0.6 is 0 Å². The SMILES string of the molecule is COc1cccc(C(=O)c2c(OC)cnn2C)c1. The van der Waals surface area contributed by atoms with E-state index in [4.69, 9.17) is 9.47 Å². The Morgan fingerprint density at radius 1 is 1.28 bits per heavy atom. The third-order valence-electron chi connectivity index (χ3n) is 2.67. The van der Waals surface area contributed by atoms with E-state index in [1.54, 1.807) is 38.4 Å². The van der Waals surface area contributed by atoms with E-state index in [0.29, 0.717) is 22.8 Å². The molecule has 0 N–H and O–H groups in total. The first-order chi connectivity index (χ1) is 8.67. The first kappa shape index (κ1) is 12.2. The van der Waals surface area contributed by atoms with E-state index < -0.39 is 0 Å². The Balaban J connectivity index is 2.44. The van der Waals surface area contributed by atoms with Gasteiger partial charge in [-0.15, -0.1) is 0 Å². The van der Waals surface area contributed by atoms with Crippen LogP contribution in [0.15, 0.2) is 30.5 Å². The van der Waals surface area contributed by atoms with Crippen LogP contribution in [-0.4, -0.2) is 29.8 Å². The molecule has 0 saturated carbocycles. The fourth-order valence-electron chi connectivity index (χ4n) is 1.73. The van der Waals surface area contributed by atoms with Crippen molar-refractivity contribution in [3.05, 3.63) is 41.7 Å². The van der Waals surface area contributed by atoms with Crippen LogP contribution < -0.4 is 9.47 Å². The van der Waals surface area contributed by atoms with E-state index >= 15 is 0 Å². The molecule has 5 nitrogen and oxygen atoms in total. The number of benzene rings is 1. The molecule has 0 aliphatic heterocycles. The summed E-state index contributed by atoms with van der Waals surface area (Å²) in [6, 6.07) is 6.98. The van der Waals surface area contributed by atoms with Gasteiger partial charge < -0.3 is 9.47 Å². The summed E-state index contributed by atoms with van der Waals surface area (Å²) < 4.78 is 11.7. The van der Waals surface area contributed by atoms with Crippen LogP contribution in [0, 0.1) is 0 Å². The van der Waals surface area contributed by atoms with E-state index in [2.05, 4.69) is 5.10 Å². The van der Waals surface area contributed by atoms with Gasteiger partial charge >= 0.3 is 0 Å². The van der Waals surface area contributed by atoms with Crippen LogP contribution in [0.1, 0.15) is 16.1 Å². The molecule has 0 amide bonds. The normalized spacial score (nSPS) is 10.2. The summed E-state index contributed by atoms with van der Waals surface area (Å²) in [6.07, 6.45) is 1.52. The van der Waals surface area contributed by atoms with E-state index in [-0.39, 0.29) is 5.78 Å². The molecule has 1 aromatic carbocycles. The molecule has 0 aliphatic rings. The molecule has 2 aromatic rings. The summed E-state index contributed by atoms with van der Waals surface area (Å²) in [4.78, 5) is 12.4. The number of ether oxygens (including phenoxy) is 2. The summed E-state index contributed by atoms with van der Waals surface area (Å²) in [5, 5.41) is 4.02. The van der Waals surface area contributed by atoms with Gasteiger partial charge in [-0.2, -0.15) is 5.10 Å². The molecule has 0 unspecified atom stereocenters. The van der Waals surface area contributed by atoms with Crippen LogP contribution in [0.2, 0.25) is 0 Å². The van der Waals surface area contributed by atoms with Gasteiger partial charge in [-0.1, -0.05) is 12.1 Å². The molecule has 1 heterocycles. The molecule has 0 atom stereocenters. The van der Waals surface area contributed by atoms with Crippen LogP contribution in [0.4, 0.5) is 0 Å². The van der Waals surface area contributed by atoms with Crippen molar-refractivity contribution in [1.82, 2.24) is 9.78 Å². The van der Waals surface area contributed by atoms with Gasteiger partial charge in [0.1, 0.15) is 5.75 Å². The number of carbonyl (C=O) groups excluding carboxylic acids is 1. The van der Waals surface area contributed by atoms with Crippen molar-refractivity contribution in [2.24, 2.45) is 7.05 Å². The van der Waals surface area contributed by atoms with Gasteiger partial charge in [-0.05, 0) is 12.1 Å². The number of carbonyl (C=O) groups is 1. The average Bonchev–Trinajstić information content (AvgIpc) is 2.79. The maximum absolute atomic E-state index is 12.4. The highest BCUT2D eigenvalue weighted by Gasteiger charge is 2.19. The standard InChI is InChI=1S/C13H14N2O3/c1-15-12(11(18-3)8-14-15)13(16)9-5-4-6-10(7-9)17-2/h4-8H,1-3H3. The van der Waals surface area contributed by atoms with Crippen LogP contribution in [-0.2, 0) is 7.05 Å². The number of nitrogens with zero attached hydrogens (tertiary/aromatic N) is 2. The van der Waals surface area contributed by atoms with Gasteiger partial charge in [-0.25, -0.2) is 0 Å². The molecule has 0 fully saturated rings. The summed E-state index contributed by atoms with van der Waals surface area (Å²) in [7, 11) is 4.78. The zero-order valence-electron chi connectivity index (χ0n) is 10.5. The molecule has 0 aliphatic carbocycles. The summed E-state index contributed by atoms with van der Waals surface area (Å²) in [5.41, 5.74) is 0.960. The molecule has 1 aromatic heterocycles. The van der Waals surface area contributed by atoms with Crippen molar-refractivity contribution in [2.45, 2.75) is 0 Å². The quantitative estimate of drug-likeness (QED) is 0.770. The Kier molecular flexibility index (Phi) is 3.32. The fraction of sp³-hybridized carbons (Fsp3) is 0.231. The molecule has 0 bridgehead atoms. The van der Waals surface area contributed by atoms with Gasteiger partial charge in [0.05, 0.1) is 20.4 Å². The summed E-state index contributed by atoms with van der Waals surface area (Å²) in [5.74, 6) is 0.957. The minimum absolute atomic E-state index is 0.147. The molecule has 94 valence electrons. The number of hydrogen-bond donors (Lipinski definition) is 0. The van der Waals surface area contributed by atoms with Gasteiger partial charge in [0.15, 0.2) is 11.4 Å². The minimum Gasteiger partial charge on any atom is -0.497 e. The largest absolute Gasteiger partial charge is 0.497 e. The molecule has 0 radical (unpaired) electrons. The monoisotopic (exact) mass is 246 g/mol. The van der Waals surface area contributed by atoms with E-state index in [0.717, 1.165) is 0 Å². The lowest BCUT2D eigenvalue weighted by atomic mass is 10.1. The highest BCUT2D eigenvalue weighted by molar-refractivity contribution is 6.09. The van der Waals surface area contributed by atoms with Crippen LogP contribution in [0.5, 0.6) is 11.5 Å². The van der Waals surface area contributed by atoms with Crippen molar-refractivity contribution in [2.75, 3.05) is 14.2 Å². The lowest BCUT2D eigenvalue weighted by Crippen LogP contribution is -2.09. The minimum atomic E-state index is -0.147. The Morgan fingerprint density at radius 2 is 2.06 bits per heavy atom. The zero-order valence-corrected chi connectivity index (χ0v) is 10.5. The molecule has 2 rings (SSSR count). The van der Waals surface area contributed by atoms with Crippen LogP contribution in [0.3, 0.4) is 0 Å². The van der Waals surface area contributed by atoms with E-state index in [9.17, 15) is 4.79 Å². The molecular weight excluding hydrogens is 232 g/mol. The zero-order chi connectivity index (χ0) is 13.1.